The van der Waals surface area contributed by atoms with Crippen LogP contribution in [0.15, 0.2) is 60.7 Å². The molecule has 0 unspecified atom stereocenters. The number of hydrogen-bond acceptors (Lipinski definition) is 2. The van der Waals surface area contributed by atoms with Gasteiger partial charge in [0.05, 0.1) is 6.42 Å². The highest BCUT2D eigenvalue weighted by Gasteiger charge is 2.16. The van der Waals surface area contributed by atoms with Crippen molar-refractivity contribution >= 4 is 39.4 Å². The van der Waals surface area contributed by atoms with Gasteiger partial charge in [-0.3, -0.25) is 9.69 Å². The SMILES string of the molecule is CCn1c2ccccc2c2cc(CN(CCC(=O)O)Cc3c(F)cccc3Cl)ccc21. The van der Waals surface area contributed by atoms with Crippen LogP contribution < -0.4 is 0 Å². The van der Waals surface area contributed by atoms with E-state index in [1.165, 1.54) is 22.5 Å². The Bertz CT molecular complexity index is 1230. The van der Waals surface area contributed by atoms with Crippen LogP contribution in [0.4, 0.5) is 4.39 Å². The highest BCUT2D eigenvalue weighted by Crippen LogP contribution is 2.30. The van der Waals surface area contributed by atoms with E-state index in [0.717, 1.165) is 17.5 Å². The Morgan fingerprint density at radius 1 is 1.03 bits per heavy atom. The fourth-order valence-corrected chi connectivity index (χ4v) is 4.40. The number of rotatable bonds is 8. The normalized spacial score (nSPS) is 11.6. The number of halogens is 2. The van der Waals surface area contributed by atoms with Crippen LogP contribution in [0.5, 0.6) is 0 Å². The highest BCUT2D eigenvalue weighted by molar-refractivity contribution is 6.31. The second kappa shape index (κ2) is 9.08. The minimum absolute atomic E-state index is 0.0243. The van der Waals surface area contributed by atoms with Crippen LogP contribution in [0.3, 0.4) is 0 Å². The fourth-order valence-electron chi connectivity index (χ4n) is 4.17. The summed E-state index contributed by atoms with van der Waals surface area (Å²) in [6.07, 6.45) is -0.0243. The van der Waals surface area contributed by atoms with E-state index in [0.29, 0.717) is 23.7 Å². The molecule has 0 spiro atoms. The smallest absolute Gasteiger partial charge is 0.304 e. The van der Waals surface area contributed by atoms with Gasteiger partial charge in [0, 0.05) is 58.6 Å². The van der Waals surface area contributed by atoms with E-state index in [1.807, 2.05) is 17.0 Å². The molecule has 6 heteroatoms. The molecule has 0 aliphatic heterocycles. The number of aliphatic carboxylic acids is 1. The van der Waals surface area contributed by atoms with E-state index >= 15 is 0 Å². The predicted molar refractivity (Wildman–Crippen MR) is 123 cm³/mol. The molecule has 31 heavy (non-hydrogen) atoms. The Labute approximate surface area is 185 Å². The predicted octanol–water partition coefficient (Wildman–Crippen LogP) is 6.08. The van der Waals surface area contributed by atoms with Gasteiger partial charge in [0.15, 0.2) is 0 Å². The van der Waals surface area contributed by atoms with Gasteiger partial charge in [0.25, 0.3) is 0 Å². The molecule has 0 atom stereocenters. The number of aryl methyl sites for hydroxylation is 1. The first-order chi connectivity index (χ1) is 15.0. The van der Waals surface area contributed by atoms with Crippen LogP contribution in [-0.2, 0) is 24.4 Å². The van der Waals surface area contributed by atoms with Gasteiger partial charge in [-0.15, -0.1) is 0 Å². The molecule has 0 fully saturated rings. The summed E-state index contributed by atoms with van der Waals surface area (Å²) in [7, 11) is 0. The maximum Gasteiger partial charge on any atom is 0.304 e. The molecule has 0 saturated heterocycles. The lowest BCUT2D eigenvalue weighted by atomic mass is 10.1. The van der Waals surface area contributed by atoms with Crippen molar-refractivity contribution in [2.75, 3.05) is 6.54 Å². The first kappa shape index (κ1) is 21.3. The Morgan fingerprint density at radius 2 is 1.81 bits per heavy atom. The summed E-state index contributed by atoms with van der Waals surface area (Å²) >= 11 is 6.22. The van der Waals surface area contributed by atoms with Crippen LogP contribution in [0.25, 0.3) is 21.8 Å². The lowest BCUT2D eigenvalue weighted by molar-refractivity contribution is -0.137. The summed E-state index contributed by atoms with van der Waals surface area (Å²) < 4.78 is 16.6. The van der Waals surface area contributed by atoms with Gasteiger partial charge < -0.3 is 9.67 Å². The van der Waals surface area contributed by atoms with Gasteiger partial charge in [-0.2, -0.15) is 0 Å². The Balaban J connectivity index is 1.69. The summed E-state index contributed by atoms with van der Waals surface area (Å²) in [5.74, 6) is -1.26. The van der Waals surface area contributed by atoms with Crippen molar-refractivity contribution in [1.29, 1.82) is 0 Å². The lowest BCUT2D eigenvalue weighted by Gasteiger charge is -2.23. The van der Waals surface area contributed by atoms with Crippen molar-refractivity contribution in [1.82, 2.24) is 9.47 Å². The number of benzene rings is 3. The monoisotopic (exact) mass is 438 g/mol. The third-order valence-electron chi connectivity index (χ3n) is 5.64. The minimum atomic E-state index is -0.883. The highest BCUT2D eigenvalue weighted by atomic mass is 35.5. The molecule has 4 rings (SSSR count). The number of carboxylic acid groups (broad SMARTS) is 1. The molecule has 4 nitrogen and oxygen atoms in total. The quantitative estimate of drug-likeness (QED) is 0.362. The zero-order chi connectivity index (χ0) is 22.0. The minimum Gasteiger partial charge on any atom is -0.481 e. The largest absolute Gasteiger partial charge is 0.481 e. The molecule has 1 aromatic heterocycles. The van der Waals surface area contributed by atoms with E-state index < -0.39 is 5.97 Å². The average Bonchev–Trinajstić information content (AvgIpc) is 3.07. The maximum absolute atomic E-state index is 14.3. The number of carboxylic acids is 1. The molecule has 0 bridgehead atoms. The molecule has 0 aliphatic rings. The van der Waals surface area contributed by atoms with Gasteiger partial charge in [0.1, 0.15) is 5.82 Å². The van der Waals surface area contributed by atoms with E-state index in [1.54, 1.807) is 12.1 Å². The Morgan fingerprint density at radius 3 is 2.55 bits per heavy atom. The molecule has 1 N–H and O–H groups in total. The lowest BCUT2D eigenvalue weighted by Crippen LogP contribution is -2.26. The third kappa shape index (κ3) is 4.43. The van der Waals surface area contributed by atoms with Crippen LogP contribution >= 0.6 is 11.6 Å². The topological polar surface area (TPSA) is 45.5 Å². The van der Waals surface area contributed by atoms with Crippen molar-refractivity contribution in [2.45, 2.75) is 33.0 Å². The van der Waals surface area contributed by atoms with Crippen molar-refractivity contribution in [3.8, 4) is 0 Å². The molecule has 4 aromatic rings. The zero-order valence-electron chi connectivity index (χ0n) is 17.3. The standard InChI is InChI=1S/C25H24ClFN2O2/c1-2-29-23-9-4-3-6-18(23)19-14-17(10-11-24(19)29)15-28(13-12-25(30)31)16-20-21(26)7-5-8-22(20)27/h3-11,14H,2,12-13,15-16H2,1H3,(H,30,31). The molecule has 3 aromatic carbocycles. The summed E-state index contributed by atoms with van der Waals surface area (Å²) in [6, 6.07) is 19.2. The Hall–Kier alpha value is -2.89. The summed E-state index contributed by atoms with van der Waals surface area (Å²) in [5, 5.41) is 11.9. The average molecular weight is 439 g/mol. The van der Waals surface area contributed by atoms with Crippen molar-refractivity contribution in [3.05, 3.63) is 82.6 Å². The second-order valence-corrected chi connectivity index (χ2v) is 8.07. The van der Waals surface area contributed by atoms with Crippen LogP contribution in [-0.4, -0.2) is 27.1 Å². The van der Waals surface area contributed by atoms with Crippen molar-refractivity contribution in [3.63, 3.8) is 0 Å². The van der Waals surface area contributed by atoms with Crippen LogP contribution in [0.1, 0.15) is 24.5 Å². The summed E-state index contributed by atoms with van der Waals surface area (Å²) in [4.78, 5) is 13.1. The molecule has 0 saturated carbocycles. The van der Waals surface area contributed by atoms with E-state index in [4.69, 9.17) is 16.7 Å². The first-order valence-electron chi connectivity index (χ1n) is 10.3. The van der Waals surface area contributed by atoms with Crippen LogP contribution in [0.2, 0.25) is 5.02 Å². The van der Waals surface area contributed by atoms with E-state index in [2.05, 4.69) is 41.8 Å². The summed E-state index contributed by atoms with van der Waals surface area (Å²) in [6.45, 7) is 4.05. The van der Waals surface area contributed by atoms with Gasteiger partial charge >= 0.3 is 5.97 Å². The number of carbonyl (C=O) groups is 1. The number of aromatic nitrogens is 1. The van der Waals surface area contributed by atoms with Gasteiger partial charge in [-0.05, 0) is 42.8 Å². The van der Waals surface area contributed by atoms with Crippen molar-refractivity contribution in [2.24, 2.45) is 0 Å². The fraction of sp³-hybridized carbons (Fsp3) is 0.240. The van der Waals surface area contributed by atoms with Gasteiger partial charge in [-0.1, -0.05) is 41.9 Å². The number of nitrogens with zero attached hydrogens (tertiary/aromatic N) is 2. The first-order valence-corrected chi connectivity index (χ1v) is 10.7. The molecular formula is C25H24ClFN2O2. The summed E-state index contributed by atoms with van der Waals surface area (Å²) in [5.41, 5.74) is 3.79. The van der Waals surface area contributed by atoms with Crippen molar-refractivity contribution < 1.29 is 14.3 Å². The van der Waals surface area contributed by atoms with Gasteiger partial charge in [-0.25, -0.2) is 4.39 Å². The molecule has 160 valence electrons. The number of fused-ring (bicyclic) bond motifs is 3. The van der Waals surface area contributed by atoms with E-state index in [-0.39, 0.29) is 18.8 Å². The zero-order valence-corrected chi connectivity index (χ0v) is 18.1. The molecule has 0 radical (unpaired) electrons. The molecular weight excluding hydrogens is 415 g/mol. The van der Waals surface area contributed by atoms with E-state index in [9.17, 15) is 9.18 Å². The number of hydrogen-bond donors (Lipinski definition) is 1. The molecule has 1 heterocycles. The third-order valence-corrected chi connectivity index (χ3v) is 6.00. The molecule has 0 amide bonds. The molecule has 0 aliphatic carbocycles. The number of para-hydroxylation sites is 1. The maximum atomic E-state index is 14.3. The second-order valence-electron chi connectivity index (χ2n) is 7.67. The van der Waals surface area contributed by atoms with Gasteiger partial charge in [0.2, 0.25) is 0 Å². The van der Waals surface area contributed by atoms with Crippen LogP contribution in [0, 0.1) is 5.82 Å². The Kier molecular flexibility index (Phi) is 6.25.